The maximum absolute atomic E-state index is 12.9. The molecule has 0 unspecified atom stereocenters. The standard InChI is InChI=1S/C19H12F3N3O2/c20-19(21,22)13-7-12-8-16(18(26)27)25(17(12)23-9-13)10-14-6-5-11-3-1-2-4-15(11)24-14/h1-9H,10H2,(H,26,27)/p-1. The van der Waals surface area contributed by atoms with Gasteiger partial charge in [0, 0.05) is 17.0 Å². The van der Waals surface area contributed by atoms with Crippen LogP contribution in [0.3, 0.4) is 0 Å². The number of hydrogen-bond donors (Lipinski definition) is 0. The van der Waals surface area contributed by atoms with Gasteiger partial charge in [-0.15, -0.1) is 0 Å². The molecule has 3 aromatic heterocycles. The van der Waals surface area contributed by atoms with E-state index in [0.29, 0.717) is 11.9 Å². The molecule has 0 saturated heterocycles. The fraction of sp³-hybridized carbons (Fsp3) is 0.105. The monoisotopic (exact) mass is 370 g/mol. The molecule has 0 aliphatic heterocycles. The average Bonchev–Trinajstić information content (AvgIpc) is 2.99. The molecular weight excluding hydrogens is 359 g/mol. The van der Waals surface area contributed by atoms with Gasteiger partial charge in [0.1, 0.15) is 5.65 Å². The number of aromatic carboxylic acids is 1. The summed E-state index contributed by atoms with van der Waals surface area (Å²) in [5.41, 5.74) is 0.203. The number of carbonyl (C=O) groups is 1. The van der Waals surface area contributed by atoms with E-state index < -0.39 is 17.7 Å². The van der Waals surface area contributed by atoms with Crippen LogP contribution in [0, 0.1) is 0 Å². The number of carbonyl (C=O) groups excluding carboxylic acids is 1. The molecule has 0 saturated carbocycles. The van der Waals surface area contributed by atoms with Gasteiger partial charge in [-0.1, -0.05) is 24.3 Å². The van der Waals surface area contributed by atoms with E-state index in [1.807, 2.05) is 30.3 Å². The molecule has 4 aromatic rings. The van der Waals surface area contributed by atoms with Gasteiger partial charge in [-0.25, -0.2) is 4.98 Å². The van der Waals surface area contributed by atoms with E-state index in [1.54, 1.807) is 6.07 Å². The molecular formula is C19H11F3N3O2-. The number of alkyl halides is 3. The lowest BCUT2D eigenvalue weighted by Crippen LogP contribution is -2.26. The average molecular weight is 370 g/mol. The maximum Gasteiger partial charge on any atom is 0.417 e. The number of benzene rings is 1. The Morgan fingerprint density at radius 3 is 2.59 bits per heavy atom. The highest BCUT2D eigenvalue weighted by molar-refractivity contribution is 5.92. The van der Waals surface area contributed by atoms with Crippen molar-refractivity contribution in [2.75, 3.05) is 0 Å². The molecule has 8 heteroatoms. The molecule has 3 heterocycles. The zero-order chi connectivity index (χ0) is 19.2. The lowest BCUT2D eigenvalue weighted by Gasteiger charge is -2.11. The van der Waals surface area contributed by atoms with Gasteiger partial charge in [0.15, 0.2) is 0 Å². The molecule has 0 fully saturated rings. The van der Waals surface area contributed by atoms with Gasteiger partial charge in [0.2, 0.25) is 0 Å². The molecule has 4 rings (SSSR count). The summed E-state index contributed by atoms with van der Waals surface area (Å²) in [6.07, 6.45) is -3.88. The van der Waals surface area contributed by atoms with Gasteiger partial charge >= 0.3 is 6.18 Å². The first-order chi connectivity index (χ1) is 12.8. The van der Waals surface area contributed by atoms with Crippen LogP contribution in [0.25, 0.3) is 21.9 Å². The second-order valence-electron chi connectivity index (χ2n) is 6.03. The minimum absolute atomic E-state index is 0.0377. The molecule has 136 valence electrons. The van der Waals surface area contributed by atoms with Crippen molar-refractivity contribution >= 4 is 27.9 Å². The Labute approximate surface area is 150 Å². The summed E-state index contributed by atoms with van der Waals surface area (Å²) in [6, 6.07) is 13.0. The second kappa shape index (κ2) is 6.08. The fourth-order valence-corrected chi connectivity index (χ4v) is 2.99. The van der Waals surface area contributed by atoms with Gasteiger partial charge < -0.3 is 14.5 Å². The largest absolute Gasteiger partial charge is 0.543 e. The summed E-state index contributed by atoms with van der Waals surface area (Å²) in [5.74, 6) is -1.50. The molecule has 0 aliphatic carbocycles. The zero-order valence-electron chi connectivity index (χ0n) is 13.7. The number of halogens is 3. The summed E-state index contributed by atoms with van der Waals surface area (Å²) in [5, 5.41) is 12.5. The number of carboxylic acid groups (broad SMARTS) is 1. The van der Waals surface area contributed by atoms with Gasteiger partial charge in [-0.2, -0.15) is 13.2 Å². The molecule has 0 N–H and O–H groups in total. The smallest absolute Gasteiger partial charge is 0.417 e. The van der Waals surface area contributed by atoms with Crippen LogP contribution in [0.4, 0.5) is 13.2 Å². The number of para-hydroxylation sites is 1. The van der Waals surface area contributed by atoms with Gasteiger partial charge in [-0.3, -0.25) is 4.98 Å². The number of fused-ring (bicyclic) bond motifs is 2. The normalized spacial score (nSPS) is 12.0. The van der Waals surface area contributed by atoms with Crippen LogP contribution in [0.5, 0.6) is 0 Å². The fourth-order valence-electron chi connectivity index (χ4n) is 2.99. The van der Waals surface area contributed by atoms with E-state index in [4.69, 9.17) is 0 Å². The van der Waals surface area contributed by atoms with E-state index in [2.05, 4.69) is 9.97 Å². The van der Waals surface area contributed by atoms with Crippen LogP contribution in [0.1, 0.15) is 21.7 Å². The molecule has 5 nitrogen and oxygen atoms in total. The van der Waals surface area contributed by atoms with E-state index in [-0.39, 0.29) is 23.3 Å². The van der Waals surface area contributed by atoms with Crippen molar-refractivity contribution in [3.05, 3.63) is 71.7 Å². The first kappa shape index (κ1) is 17.0. The SMILES string of the molecule is O=C([O-])c1cc2cc(C(F)(F)F)cnc2n1Cc1ccc2ccccc2n1. The quantitative estimate of drug-likeness (QED) is 0.556. The van der Waals surface area contributed by atoms with Gasteiger partial charge in [0.25, 0.3) is 0 Å². The molecule has 0 spiro atoms. The lowest BCUT2D eigenvalue weighted by atomic mass is 10.2. The van der Waals surface area contributed by atoms with Crippen molar-refractivity contribution in [2.45, 2.75) is 12.7 Å². The third-order valence-electron chi connectivity index (χ3n) is 4.25. The first-order valence-electron chi connectivity index (χ1n) is 7.95. The van der Waals surface area contributed by atoms with Crippen molar-refractivity contribution in [3.63, 3.8) is 0 Å². The van der Waals surface area contributed by atoms with Gasteiger partial charge in [0.05, 0.1) is 35.0 Å². The highest BCUT2D eigenvalue weighted by Crippen LogP contribution is 2.31. The molecule has 0 radical (unpaired) electrons. The Bertz CT molecular complexity index is 1180. The number of carboxylic acids is 1. The Morgan fingerprint density at radius 1 is 1.07 bits per heavy atom. The minimum atomic E-state index is -4.56. The van der Waals surface area contributed by atoms with E-state index in [1.165, 1.54) is 4.57 Å². The van der Waals surface area contributed by atoms with E-state index >= 15 is 0 Å². The summed E-state index contributed by atoms with van der Waals surface area (Å²) in [7, 11) is 0. The van der Waals surface area contributed by atoms with Gasteiger partial charge in [-0.05, 0) is 24.3 Å². The Kier molecular flexibility index (Phi) is 3.83. The molecule has 0 bridgehead atoms. The highest BCUT2D eigenvalue weighted by atomic mass is 19.4. The van der Waals surface area contributed by atoms with Crippen LogP contribution in [0.15, 0.2) is 54.7 Å². The third-order valence-corrected chi connectivity index (χ3v) is 4.25. The molecule has 1 aromatic carbocycles. The van der Waals surface area contributed by atoms with Crippen molar-refractivity contribution in [2.24, 2.45) is 0 Å². The minimum Gasteiger partial charge on any atom is -0.543 e. The number of nitrogens with zero attached hydrogens (tertiary/aromatic N) is 3. The van der Waals surface area contributed by atoms with Crippen molar-refractivity contribution < 1.29 is 23.1 Å². The maximum atomic E-state index is 12.9. The summed E-state index contributed by atoms with van der Waals surface area (Å²) >= 11 is 0. The Morgan fingerprint density at radius 2 is 1.85 bits per heavy atom. The number of rotatable bonds is 3. The molecule has 0 amide bonds. The predicted molar refractivity (Wildman–Crippen MR) is 89.9 cm³/mol. The third kappa shape index (κ3) is 3.10. The molecule has 27 heavy (non-hydrogen) atoms. The summed E-state index contributed by atoms with van der Waals surface area (Å²) in [4.78, 5) is 19.8. The molecule has 0 aliphatic rings. The first-order valence-corrected chi connectivity index (χ1v) is 7.95. The lowest BCUT2D eigenvalue weighted by molar-refractivity contribution is -0.255. The number of hydrogen-bond acceptors (Lipinski definition) is 4. The number of aromatic nitrogens is 3. The van der Waals surface area contributed by atoms with E-state index in [0.717, 1.165) is 23.0 Å². The van der Waals surface area contributed by atoms with Crippen molar-refractivity contribution in [3.8, 4) is 0 Å². The van der Waals surface area contributed by atoms with Crippen LogP contribution < -0.4 is 5.11 Å². The van der Waals surface area contributed by atoms with Crippen LogP contribution in [-0.2, 0) is 12.7 Å². The van der Waals surface area contributed by atoms with Crippen LogP contribution in [0.2, 0.25) is 0 Å². The Hall–Kier alpha value is -3.42. The van der Waals surface area contributed by atoms with Crippen LogP contribution >= 0.6 is 0 Å². The highest BCUT2D eigenvalue weighted by Gasteiger charge is 2.31. The number of pyridine rings is 2. The second-order valence-corrected chi connectivity index (χ2v) is 6.03. The predicted octanol–water partition coefficient (Wildman–Crippen LogP) is 3.02. The Balaban J connectivity index is 1.83. The topological polar surface area (TPSA) is 70.8 Å². The van der Waals surface area contributed by atoms with Crippen molar-refractivity contribution in [1.29, 1.82) is 0 Å². The summed E-state index contributed by atoms with van der Waals surface area (Å²) in [6.45, 7) is 0.0377. The zero-order valence-corrected chi connectivity index (χ0v) is 13.7. The van der Waals surface area contributed by atoms with Crippen LogP contribution in [-0.4, -0.2) is 20.5 Å². The molecule has 0 atom stereocenters. The summed E-state index contributed by atoms with van der Waals surface area (Å²) < 4.78 is 40.0. The van der Waals surface area contributed by atoms with Crippen molar-refractivity contribution in [1.82, 2.24) is 14.5 Å². The van der Waals surface area contributed by atoms with E-state index in [9.17, 15) is 23.1 Å².